The quantitative estimate of drug-likeness (QED) is 0.228. The molecule has 2 N–H and O–H groups in total. The molecule has 0 aromatic heterocycles. The molecular weight excluding hydrogens is 709 g/mol. The van der Waals surface area contributed by atoms with E-state index in [1.54, 1.807) is 0 Å². The number of para-hydroxylation sites is 2. The molecule has 0 atom stereocenters. The summed E-state index contributed by atoms with van der Waals surface area (Å²) in [5, 5.41) is 1.96. The van der Waals surface area contributed by atoms with Crippen molar-refractivity contribution in [3.05, 3.63) is 83.4 Å². The molecule has 0 amide bonds. The van der Waals surface area contributed by atoms with Gasteiger partial charge < -0.3 is 43.2 Å². The molecule has 1 aliphatic heterocycles. The van der Waals surface area contributed by atoms with Crippen molar-refractivity contribution in [2.75, 3.05) is 79.3 Å². The maximum atomic E-state index is 13.5. The van der Waals surface area contributed by atoms with Crippen LogP contribution in [0, 0.1) is 11.6 Å². The molecule has 0 spiro atoms. The summed E-state index contributed by atoms with van der Waals surface area (Å²) in [6.07, 6.45) is 0. The molecule has 0 radical (unpaired) electrons. The van der Waals surface area contributed by atoms with Gasteiger partial charge in [0.25, 0.3) is 0 Å². The Morgan fingerprint density at radius 2 is 0.800 bits per heavy atom. The van der Waals surface area contributed by atoms with Gasteiger partial charge in [0.15, 0.2) is 11.5 Å². The van der Waals surface area contributed by atoms with E-state index in [1.807, 2.05) is 47.8 Å². The Kier molecular flexibility index (Phi) is 15.7. The molecule has 0 unspecified atom stereocenters. The third-order valence-corrected chi connectivity index (χ3v) is 6.18. The summed E-state index contributed by atoms with van der Waals surface area (Å²) in [6.45, 7) is 5.75. The van der Waals surface area contributed by atoms with Gasteiger partial charge in [0.05, 0.1) is 52.9 Å². The number of hydrogen-bond donors (Lipinski definition) is 1. The molecule has 282 valence electrons. The molecular formula is C32H40F8NO8P. The van der Waals surface area contributed by atoms with Gasteiger partial charge in [0.2, 0.25) is 0 Å². The summed E-state index contributed by atoms with van der Waals surface area (Å²) in [4.78, 5) is 0. The summed E-state index contributed by atoms with van der Waals surface area (Å²) in [5.41, 5.74) is 1.51. The van der Waals surface area contributed by atoms with Gasteiger partial charge in [-0.25, -0.2) is 8.78 Å². The summed E-state index contributed by atoms with van der Waals surface area (Å²) < 4.78 is 132. The van der Waals surface area contributed by atoms with E-state index in [9.17, 15) is 34.0 Å². The third kappa shape index (κ3) is 20.9. The first-order valence-electron chi connectivity index (χ1n) is 15.5. The topological polar surface area (TPSA) is 90.5 Å². The third-order valence-electron chi connectivity index (χ3n) is 6.18. The molecule has 18 heteroatoms. The molecule has 0 fully saturated rings. The smallest absolute Gasteiger partial charge is 0.161 e. The zero-order valence-corrected chi connectivity index (χ0v) is 27.9. The van der Waals surface area contributed by atoms with Crippen LogP contribution in [0.15, 0.2) is 60.7 Å². The SMILES string of the molecule is F[P-](F)(F)(F)(F)F.Fc1cc(F)cc(C[NH2+]Cc2cc3cc(c2)OCCOCCOCCOc2ccccc2OCCOCCOCCO3)c1. The van der Waals surface area contributed by atoms with E-state index >= 15 is 0 Å². The zero-order valence-electron chi connectivity index (χ0n) is 27.0. The van der Waals surface area contributed by atoms with Crippen LogP contribution in [0.5, 0.6) is 23.0 Å². The van der Waals surface area contributed by atoms with Crippen LogP contribution in [0.3, 0.4) is 0 Å². The Morgan fingerprint density at radius 3 is 1.20 bits per heavy atom. The van der Waals surface area contributed by atoms with E-state index in [1.165, 1.54) is 12.1 Å². The van der Waals surface area contributed by atoms with Gasteiger partial charge in [0, 0.05) is 23.3 Å². The van der Waals surface area contributed by atoms with E-state index in [-0.39, 0.29) is 0 Å². The Labute approximate surface area is 283 Å². The molecule has 3 aromatic carbocycles. The summed E-state index contributed by atoms with van der Waals surface area (Å²) in [7, 11) is -10.7. The van der Waals surface area contributed by atoms with Crippen molar-refractivity contribution in [3.63, 3.8) is 0 Å². The fourth-order valence-corrected chi connectivity index (χ4v) is 4.24. The fraction of sp³-hybridized carbons (Fsp3) is 0.438. The van der Waals surface area contributed by atoms with E-state index in [2.05, 4.69) is 0 Å². The molecule has 1 heterocycles. The number of ether oxygens (including phenoxy) is 8. The van der Waals surface area contributed by atoms with Crippen LogP contribution in [0.25, 0.3) is 0 Å². The predicted octanol–water partition coefficient (Wildman–Crippen LogP) is 6.91. The normalized spacial score (nSPS) is 17.5. The standard InChI is InChI=1S/C32H39F2NO8.F6P/c33-27-17-25(18-28(34)21-27)23-35-24-26-19-29-22-30(20-26)41-14-10-37-6-8-39-12-16-43-32-4-2-1-3-31(32)42-15-11-38-7-5-36-9-13-40-29;1-7(2,3,4,5)6/h1-4,17-22,35H,5-16,23-24H2;/q;-1/p+1. The van der Waals surface area contributed by atoms with Crippen molar-refractivity contribution in [1.82, 2.24) is 0 Å². The largest absolute Gasteiger partial charge is 0.491 e. The fourth-order valence-electron chi connectivity index (χ4n) is 4.24. The summed E-state index contributed by atoms with van der Waals surface area (Å²) >= 11 is 0. The Balaban J connectivity index is 0.000000872. The minimum atomic E-state index is -10.7. The van der Waals surface area contributed by atoms with Crippen molar-refractivity contribution in [2.45, 2.75) is 13.1 Å². The van der Waals surface area contributed by atoms with Gasteiger partial charge >= 0.3 is 33.0 Å². The summed E-state index contributed by atoms with van der Waals surface area (Å²) in [5.74, 6) is 1.40. The van der Waals surface area contributed by atoms with Crippen molar-refractivity contribution < 1.29 is 77.2 Å². The second-order valence-electron chi connectivity index (χ2n) is 10.5. The Morgan fingerprint density at radius 1 is 0.460 bits per heavy atom. The van der Waals surface area contributed by atoms with Crippen LogP contribution >= 0.6 is 7.81 Å². The van der Waals surface area contributed by atoms with E-state index in [0.717, 1.165) is 11.6 Å². The first-order chi connectivity index (χ1) is 23.6. The molecule has 2 bridgehead atoms. The number of benzene rings is 3. The first kappa shape index (κ1) is 41.0. The van der Waals surface area contributed by atoms with Crippen molar-refractivity contribution in [2.24, 2.45) is 0 Å². The molecule has 1 aliphatic rings. The Bertz CT molecular complexity index is 1360. The van der Waals surface area contributed by atoms with Crippen molar-refractivity contribution in [3.8, 4) is 23.0 Å². The van der Waals surface area contributed by atoms with E-state index in [4.69, 9.17) is 37.9 Å². The van der Waals surface area contributed by atoms with Crippen LogP contribution in [-0.2, 0) is 32.0 Å². The van der Waals surface area contributed by atoms with Crippen LogP contribution in [-0.4, -0.2) is 79.3 Å². The van der Waals surface area contributed by atoms with Gasteiger partial charge in [0.1, 0.15) is 62.7 Å². The van der Waals surface area contributed by atoms with Crippen LogP contribution in [0.4, 0.5) is 34.0 Å². The molecule has 0 saturated heterocycles. The minimum Gasteiger partial charge on any atom is -0.491 e. The number of fused-ring (bicyclic) bond motifs is 3. The van der Waals surface area contributed by atoms with Crippen LogP contribution in [0.2, 0.25) is 0 Å². The average Bonchev–Trinajstić information content (AvgIpc) is 3.01. The monoisotopic (exact) mass is 749 g/mol. The Hall–Kier alpha value is -3.47. The van der Waals surface area contributed by atoms with Gasteiger partial charge in [-0.3, -0.25) is 0 Å². The van der Waals surface area contributed by atoms with Gasteiger partial charge in [-0.15, -0.1) is 0 Å². The first-order valence-corrected chi connectivity index (χ1v) is 17.5. The zero-order chi connectivity index (χ0) is 36.4. The molecule has 3 aromatic rings. The number of hydrogen-bond acceptors (Lipinski definition) is 8. The molecule has 9 nitrogen and oxygen atoms in total. The number of nitrogens with two attached hydrogens (primary N) is 1. The van der Waals surface area contributed by atoms with Crippen LogP contribution < -0.4 is 24.3 Å². The van der Waals surface area contributed by atoms with Gasteiger partial charge in [-0.2, -0.15) is 0 Å². The molecule has 0 saturated carbocycles. The van der Waals surface area contributed by atoms with Crippen LogP contribution in [0.1, 0.15) is 11.1 Å². The van der Waals surface area contributed by atoms with Gasteiger partial charge in [-0.05, 0) is 36.4 Å². The second kappa shape index (κ2) is 19.2. The van der Waals surface area contributed by atoms with E-state index < -0.39 is 19.4 Å². The molecule has 0 aliphatic carbocycles. The number of halogens is 8. The average molecular weight is 750 g/mol. The minimum absolute atomic E-state index is 0.345. The van der Waals surface area contributed by atoms with Crippen molar-refractivity contribution in [1.29, 1.82) is 0 Å². The number of quaternary nitrogens is 1. The predicted molar refractivity (Wildman–Crippen MR) is 167 cm³/mol. The van der Waals surface area contributed by atoms with E-state index in [0.29, 0.717) is 121 Å². The molecule has 50 heavy (non-hydrogen) atoms. The van der Waals surface area contributed by atoms with Gasteiger partial charge in [-0.1, -0.05) is 12.1 Å². The van der Waals surface area contributed by atoms with Crippen molar-refractivity contribution >= 4 is 7.81 Å². The summed E-state index contributed by atoms with van der Waals surface area (Å²) in [6, 6.07) is 16.7. The maximum Gasteiger partial charge on any atom is 0.161 e. The second-order valence-corrected chi connectivity index (χ2v) is 12.5. The molecule has 4 rings (SSSR count). The maximum absolute atomic E-state index is 13.5. The number of rotatable bonds is 4.